The molecule has 0 fully saturated rings. The first-order chi connectivity index (χ1) is 8.58. The van der Waals surface area contributed by atoms with Gasteiger partial charge in [-0.15, -0.1) is 0 Å². The first-order valence-electron chi connectivity index (χ1n) is 6.03. The molecular weight excluding hydrogens is 233 g/mol. The first kappa shape index (κ1) is 14.4. The highest BCUT2D eigenvalue weighted by Gasteiger charge is 2.10. The minimum atomic E-state index is -0.392. The maximum atomic E-state index is 13.2. The molecular formula is C13H20FN3O. The van der Waals surface area contributed by atoms with E-state index in [4.69, 9.17) is 10.9 Å². The highest BCUT2D eigenvalue weighted by Crippen LogP contribution is 2.13. The fraction of sp³-hybridized carbons (Fsp3) is 0.462. The summed E-state index contributed by atoms with van der Waals surface area (Å²) in [5.74, 6) is -0.454. The summed E-state index contributed by atoms with van der Waals surface area (Å²) < 4.78 is 13.2. The van der Waals surface area contributed by atoms with E-state index in [-0.39, 0.29) is 5.84 Å². The van der Waals surface area contributed by atoms with Crippen molar-refractivity contribution in [3.8, 4) is 0 Å². The molecule has 0 spiro atoms. The number of hydrogen-bond acceptors (Lipinski definition) is 3. The van der Waals surface area contributed by atoms with Gasteiger partial charge >= 0.3 is 0 Å². The Morgan fingerprint density at radius 1 is 1.50 bits per heavy atom. The van der Waals surface area contributed by atoms with Crippen molar-refractivity contribution in [2.45, 2.75) is 26.3 Å². The van der Waals surface area contributed by atoms with Crippen LogP contribution in [-0.2, 0) is 6.54 Å². The lowest BCUT2D eigenvalue weighted by molar-refractivity contribution is 0.316. The number of nitrogens with two attached hydrogens (primary N) is 1. The predicted octanol–water partition coefficient (Wildman–Crippen LogP) is 2.15. The predicted molar refractivity (Wildman–Crippen MR) is 70.2 cm³/mol. The molecule has 1 aromatic rings. The fourth-order valence-electron chi connectivity index (χ4n) is 1.78. The Balaban J connectivity index is 2.87. The van der Waals surface area contributed by atoms with E-state index in [0.717, 1.165) is 24.9 Å². The quantitative estimate of drug-likeness (QED) is 0.353. The zero-order valence-electron chi connectivity index (χ0n) is 10.9. The van der Waals surface area contributed by atoms with Crippen molar-refractivity contribution in [3.05, 3.63) is 35.1 Å². The largest absolute Gasteiger partial charge is 0.409 e. The minimum Gasteiger partial charge on any atom is -0.409 e. The summed E-state index contributed by atoms with van der Waals surface area (Å²) in [7, 11) is 2.00. The molecule has 1 aromatic carbocycles. The highest BCUT2D eigenvalue weighted by atomic mass is 19.1. The number of hydrogen-bond donors (Lipinski definition) is 2. The number of oxime groups is 1. The number of amidine groups is 1. The maximum absolute atomic E-state index is 13.2. The Kier molecular flexibility index (Phi) is 5.58. The third-order valence-corrected chi connectivity index (χ3v) is 2.79. The summed E-state index contributed by atoms with van der Waals surface area (Å²) in [6, 6.07) is 4.35. The van der Waals surface area contributed by atoms with Crippen LogP contribution in [0.3, 0.4) is 0 Å². The van der Waals surface area contributed by atoms with Gasteiger partial charge in [-0.25, -0.2) is 4.39 Å². The molecule has 0 amide bonds. The van der Waals surface area contributed by atoms with Gasteiger partial charge in [0.2, 0.25) is 0 Å². The lowest BCUT2D eigenvalue weighted by Gasteiger charge is -2.18. The van der Waals surface area contributed by atoms with E-state index in [1.165, 1.54) is 12.1 Å². The molecule has 0 unspecified atom stereocenters. The molecule has 0 radical (unpaired) electrons. The zero-order valence-corrected chi connectivity index (χ0v) is 10.9. The van der Waals surface area contributed by atoms with Gasteiger partial charge in [-0.1, -0.05) is 24.6 Å². The van der Waals surface area contributed by atoms with Gasteiger partial charge in [0, 0.05) is 12.1 Å². The van der Waals surface area contributed by atoms with Gasteiger partial charge in [0.1, 0.15) is 5.82 Å². The number of rotatable bonds is 6. The van der Waals surface area contributed by atoms with Gasteiger partial charge in [-0.2, -0.15) is 0 Å². The van der Waals surface area contributed by atoms with Crippen molar-refractivity contribution < 1.29 is 9.60 Å². The Labute approximate surface area is 107 Å². The lowest BCUT2D eigenvalue weighted by Crippen LogP contribution is -2.23. The molecule has 5 heteroatoms. The Hall–Kier alpha value is -1.62. The normalized spacial score (nSPS) is 12.1. The third-order valence-electron chi connectivity index (χ3n) is 2.79. The molecule has 0 aromatic heterocycles. The van der Waals surface area contributed by atoms with Crippen LogP contribution in [0.2, 0.25) is 0 Å². The van der Waals surface area contributed by atoms with Crippen molar-refractivity contribution in [1.82, 2.24) is 4.90 Å². The Bertz CT molecular complexity index is 421. The van der Waals surface area contributed by atoms with Crippen molar-refractivity contribution in [1.29, 1.82) is 0 Å². The van der Waals surface area contributed by atoms with Crippen LogP contribution < -0.4 is 5.73 Å². The molecule has 0 atom stereocenters. The van der Waals surface area contributed by atoms with Gasteiger partial charge in [0.15, 0.2) is 5.84 Å². The van der Waals surface area contributed by atoms with E-state index in [2.05, 4.69) is 17.0 Å². The number of halogens is 1. The van der Waals surface area contributed by atoms with Crippen LogP contribution in [-0.4, -0.2) is 29.5 Å². The minimum absolute atomic E-state index is 0.0617. The van der Waals surface area contributed by atoms with Gasteiger partial charge in [0.05, 0.1) is 0 Å². The summed E-state index contributed by atoms with van der Waals surface area (Å²) in [5, 5.41) is 11.6. The van der Waals surface area contributed by atoms with Crippen molar-refractivity contribution in [2.24, 2.45) is 10.9 Å². The number of unbranched alkanes of at least 4 members (excludes halogenated alkanes) is 1. The SMILES string of the molecule is CCCCN(C)Cc1ccc(F)cc1C(N)=NO. The molecule has 0 heterocycles. The van der Waals surface area contributed by atoms with E-state index in [9.17, 15) is 4.39 Å². The highest BCUT2D eigenvalue weighted by molar-refractivity contribution is 5.98. The van der Waals surface area contributed by atoms with Crippen LogP contribution in [0.5, 0.6) is 0 Å². The van der Waals surface area contributed by atoms with Crippen LogP contribution in [0.1, 0.15) is 30.9 Å². The van der Waals surface area contributed by atoms with E-state index in [0.29, 0.717) is 12.1 Å². The fourth-order valence-corrected chi connectivity index (χ4v) is 1.78. The van der Waals surface area contributed by atoms with Gasteiger partial charge in [-0.05, 0) is 37.7 Å². The van der Waals surface area contributed by atoms with E-state index in [1.54, 1.807) is 6.07 Å². The van der Waals surface area contributed by atoms with Gasteiger partial charge in [0.25, 0.3) is 0 Å². The zero-order chi connectivity index (χ0) is 13.5. The van der Waals surface area contributed by atoms with Gasteiger partial charge in [-0.3, -0.25) is 0 Å². The molecule has 0 aliphatic carbocycles. The second kappa shape index (κ2) is 6.96. The number of nitrogens with zero attached hydrogens (tertiary/aromatic N) is 2. The first-order valence-corrected chi connectivity index (χ1v) is 6.03. The third kappa shape index (κ3) is 4.00. The average Bonchev–Trinajstić information content (AvgIpc) is 2.37. The second-order valence-corrected chi connectivity index (χ2v) is 4.38. The van der Waals surface area contributed by atoms with E-state index >= 15 is 0 Å². The molecule has 4 nitrogen and oxygen atoms in total. The van der Waals surface area contributed by atoms with Crippen LogP contribution in [0.15, 0.2) is 23.4 Å². The molecule has 100 valence electrons. The summed E-state index contributed by atoms with van der Waals surface area (Å²) in [6.07, 6.45) is 2.23. The smallest absolute Gasteiger partial charge is 0.170 e. The molecule has 3 N–H and O–H groups in total. The van der Waals surface area contributed by atoms with E-state index < -0.39 is 5.82 Å². The molecule has 0 aliphatic rings. The van der Waals surface area contributed by atoms with Crippen LogP contribution >= 0.6 is 0 Å². The summed E-state index contributed by atoms with van der Waals surface area (Å²) >= 11 is 0. The van der Waals surface area contributed by atoms with Crippen LogP contribution in [0, 0.1) is 5.82 Å². The Morgan fingerprint density at radius 3 is 2.83 bits per heavy atom. The molecule has 18 heavy (non-hydrogen) atoms. The second-order valence-electron chi connectivity index (χ2n) is 4.38. The monoisotopic (exact) mass is 253 g/mol. The van der Waals surface area contributed by atoms with Gasteiger partial charge < -0.3 is 15.8 Å². The van der Waals surface area contributed by atoms with Crippen molar-refractivity contribution >= 4 is 5.84 Å². The Morgan fingerprint density at radius 2 is 2.22 bits per heavy atom. The van der Waals surface area contributed by atoms with Crippen molar-refractivity contribution in [2.75, 3.05) is 13.6 Å². The topological polar surface area (TPSA) is 61.8 Å². The van der Waals surface area contributed by atoms with Crippen LogP contribution in [0.4, 0.5) is 4.39 Å². The molecule has 0 saturated carbocycles. The molecule has 1 rings (SSSR count). The van der Waals surface area contributed by atoms with Crippen LogP contribution in [0.25, 0.3) is 0 Å². The maximum Gasteiger partial charge on any atom is 0.170 e. The standard InChI is InChI=1S/C13H20FN3O/c1-3-4-7-17(2)9-10-5-6-11(14)8-12(10)13(15)16-18/h5-6,8,18H,3-4,7,9H2,1-2H3,(H2,15,16). The molecule has 0 bridgehead atoms. The lowest BCUT2D eigenvalue weighted by atomic mass is 10.1. The summed E-state index contributed by atoms with van der Waals surface area (Å²) in [5.41, 5.74) is 6.85. The molecule has 0 saturated heterocycles. The molecule has 0 aliphatic heterocycles. The summed E-state index contributed by atoms with van der Waals surface area (Å²) in [4.78, 5) is 2.13. The summed E-state index contributed by atoms with van der Waals surface area (Å²) in [6.45, 7) is 3.74. The van der Waals surface area contributed by atoms with E-state index in [1.807, 2.05) is 7.05 Å². The average molecular weight is 253 g/mol. The van der Waals surface area contributed by atoms with Crippen molar-refractivity contribution in [3.63, 3.8) is 0 Å². The number of benzene rings is 1.